The van der Waals surface area contributed by atoms with Crippen molar-refractivity contribution in [3.8, 4) is 11.1 Å². The van der Waals surface area contributed by atoms with Crippen molar-refractivity contribution >= 4 is 23.8 Å². The van der Waals surface area contributed by atoms with Gasteiger partial charge in [-0.25, -0.2) is 9.59 Å². The summed E-state index contributed by atoms with van der Waals surface area (Å²) in [5, 5.41) is 13.2. The van der Waals surface area contributed by atoms with Crippen molar-refractivity contribution in [1.82, 2.24) is 25.6 Å². The van der Waals surface area contributed by atoms with E-state index in [2.05, 4.69) is 26.8 Å². The lowest BCUT2D eigenvalue weighted by Gasteiger charge is -2.27. The van der Waals surface area contributed by atoms with Crippen LogP contribution in [0.1, 0.15) is 44.5 Å². The third-order valence-corrected chi connectivity index (χ3v) is 6.66. The lowest BCUT2D eigenvalue weighted by Crippen LogP contribution is -2.40. The Kier molecular flexibility index (Phi) is 6.98. The minimum Gasteiger partial charge on any atom is -0.444 e. The molecule has 2 aliphatic rings. The minimum atomic E-state index is -0.619. The maximum absolute atomic E-state index is 12.9. The van der Waals surface area contributed by atoms with Crippen LogP contribution in [-0.2, 0) is 33.8 Å². The number of hydrogen-bond donors (Lipinski definition) is 2. The maximum Gasteiger partial charge on any atom is 0.415 e. The van der Waals surface area contributed by atoms with E-state index in [1.54, 1.807) is 16.0 Å². The van der Waals surface area contributed by atoms with Crippen LogP contribution in [-0.4, -0.2) is 62.7 Å². The molecule has 11 nitrogen and oxygen atoms in total. The molecule has 0 bridgehead atoms. The fourth-order valence-electron chi connectivity index (χ4n) is 4.91. The molecule has 0 unspecified atom stereocenters. The standard InChI is InChI=1S/C28H32N6O5/c1-17(35)29-14-25-24-12-21-11-20(9-10-23(21)34(24)27(37)38-25)19-7-5-18(6-8-19)15-33(16-22-13-30-32-31-22)26(36)39-28(2,3)4/h5-11,13,24-25H,12,14-16H2,1-4H3,(H,29,35)(H,30,31,32)/t24-,25-/m0/s1. The van der Waals surface area contributed by atoms with Crippen molar-refractivity contribution in [3.05, 3.63) is 65.5 Å². The number of aromatic amines is 1. The third kappa shape index (κ3) is 5.87. The Labute approximate surface area is 226 Å². The van der Waals surface area contributed by atoms with Crippen LogP contribution in [0.5, 0.6) is 0 Å². The van der Waals surface area contributed by atoms with Gasteiger partial charge in [-0.15, -0.1) is 0 Å². The molecular weight excluding hydrogens is 500 g/mol. The molecule has 1 fully saturated rings. The second-order valence-corrected chi connectivity index (χ2v) is 10.8. The van der Waals surface area contributed by atoms with Crippen LogP contribution in [0, 0.1) is 0 Å². The highest BCUT2D eigenvalue weighted by molar-refractivity contribution is 5.94. The van der Waals surface area contributed by atoms with Gasteiger partial charge in [-0.1, -0.05) is 30.3 Å². The van der Waals surface area contributed by atoms with E-state index < -0.39 is 11.7 Å². The summed E-state index contributed by atoms with van der Waals surface area (Å²) in [6, 6.07) is 13.9. The van der Waals surface area contributed by atoms with E-state index >= 15 is 0 Å². The fourth-order valence-corrected chi connectivity index (χ4v) is 4.91. The quantitative estimate of drug-likeness (QED) is 0.473. The van der Waals surface area contributed by atoms with E-state index in [0.717, 1.165) is 27.9 Å². The SMILES string of the molecule is CC(=O)NC[C@@H]1OC(=O)N2c3ccc(-c4ccc(CN(Cc5cn[nH]n5)C(=O)OC(C)(C)C)cc4)cc3C[C@@H]12. The second-order valence-electron chi connectivity index (χ2n) is 10.8. The monoisotopic (exact) mass is 532 g/mol. The molecule has 2 atom stereocenters. The number of ether oxygens (including phenoxy) is 2. The van der Waals surface area contributed by atoms with E-state index in [4.69, 9.17) is 9.47 Å². The minimum absolute atomic E-state index is 0.138. The normalized spacial score (nSPS) is 17.8. The molecule has 0 saturated carbocycles. The molecule has 1 aromatic heterocycles. The Morgan fingerprint density at radius 1 is 1.15 bits per heavy atom. The molecule has 1 saturated heterocycles. The summed E-state index contributed by atoms with van der Waals surface area (Å²) in [5.41, 5.74) is 4.92. The molecule has 39 heavy (non-hydrogen) atoms. The number of H-pyrrole nitrogens is 1. The first-order valence-corrected chi connectivity index (χ1v) is 12.9. The van der Waals surface area contributed by atoms with E-state index in [1.807, 2.05) is 57.2 Å². The number of rotatable bonds is 7. The summed E-state index contributed by atoms with van der Waals surface area (Å²) >= 11 is 0. The van der Waals surface area contributed by atoms with Gasteiger partial charge in [0.05, 0.1) is 31.0 Å². The highest BCUT2D eigenvalue weighted by atomic mass is 16.6. The van der Waals surface area contributed by atoms with Crippen molar-refractivity contribution in [3.63, 3.8) is 0 Å². The number of nitrogens with one attached hydrogen (secondary N) is 2. The average Bonchev–Trinajstić information content (AvgIpc) is 3.59. The van der Waals surface area contributed by atoms with Gasteiger partial charge < -0.3 is 14.8 Å². The Morgan fingerprint density at radius 3 is 2.56 bits per heavy atom. The van der Waals surface area contributed by atoms with Crippen LogP contribution in [0.3, 0.4) is 0 Å². The number of fused-ring (bicyclic) bond motifs is 3. The van der Waals surface area contributed by atoms with Crippen LogP contribution in [0.25, 0.3) is 11.1 Å². The molecule has 3 aromatic rings. The lowest BCUT2D eigenvalue weighted by molar-refractivity contribution is -0.119. The molecule has 0 aliphatic carbocycles. The Balaban J connectivity index is 1.30. The number of anilines is 1. The van der Waals surface area contributed by atoms with Crippen LogP contribution in [0.2, 0.25) is 0 Å². The first-order valence-electron chi connectivity index (χ1n) is 12.9. The lowest BCUT2D eigenvalue weighted by atomic mass is 9.99. The smallest absolute Gasteiger partial charge is 0.415 e. The summed E-state index contributed by atoms with van der Waals surface area (Å²) in [6.07, 6.45) is 1.04. The van der Waals surface area contributed by atoms with Crippen LogP contribution >= 0.6 is 0 Å². The van der Waals surface area contributed by atoms with Crippen molar-refractivity contribution in [1.29, 1.82) is 0 Å². The zero-order valence-corrected chi connectivity index (χ0v) is 22.4. The summed E-state index contributed by atoms with van der Waals surface area (Å²) in [6.45, 7) is 7.85. The van der Waals surface area contributed by atoms with Gasteiger partial charge in [-0.2, -0.15) is 15.4 Å². The van der Waals surface area contributed by atoms with Gasteiger partial charge in [0.15, 0.2) is 0 Å². The van der Waals surface area contributed by atoms with Crippen LogP contribution in [0.15, 0.2) is 48.7 Å². The van der Waals surface area contributed by atoms with Gasteiger partial charge in [0.25, 0.3) is 0 Å². The first kappa shape index (κ1) is 26.2. The number of carbonyl (C=O) groups is 3. The van der Waals surface area contributed by atoms with Gasteiger partial charge in [-0.3, -0.25) is 14.6 Å². The largest absolute Gasteiger partial charge is 0.444 e. The Morgan fingerprint density at radius 2 is 1.90 bits per heavy atom. The van der Waals surface area contributed by atoms with Gasteiger partial charge in [0.1, 0.15) is 17.4 Å². The summed E-state index contributed by atoms with van der Waals surface area (Å²) < 4.78 is 11.1. The van der Waals surface area contributed by atoms with Crippen molar-refractivity contribution in [2.24, 2.45) is 0 Å². The highest BCUT2D eigenvalue weighted by Crippen LogP contribution is 2.40. The number of carbonyl (C=O) groups excluding carboxylic acids is 3. The number of hydrogen-bond acceptors (Lipinski definition) is 7. The molecule has 5 rings (SSSR count). The first-order chi connectivity index (χ1) is 18.6. The average molecular weight is 533 g/mol. The molecule has 2 aliphatic heterocycles. The van der Waals surface area contributed by atoms with E-state index in [1.165, 1.54) is 6.92 Å². The van der Waals surface area contributed by atoms with Crippen LogP contribution in [0.4, 0.5) is 15.3 Å². The zero-order valence-electron chi connectivity index (χ0n) is 22.4. The van der Waals surface area contributed by atoms with E-state index in [9.17, 15) is 14.4 Å². The third-order valence-electron chi connectivity index (χ3n) is 6.66. The van der Waals surface area contributed by atoms with Gasteiger partial charge >= 0.3 is 12.2 Å². The summed E-state index contributed by atoms with van der Waals surface area (Å²) in [5.74, 6) is -0.155. The molecule has 2 aromatic carbocycles. The predicted molar refractivity (Wildman–Crippen MR) is 143 cm³/mol. The maximum atomic E-state index is 12.9. The molecule has 0 spiro atoms. The number of benzene rings is 2. The van der Waals surface area contributed by atoms with Crippen molar-refractivity contribution < 1.29 is 23.9 Å². The van der Waals surface area contributed by atoms with Gasteiger partial charge in [0, 0.05) is 13.5 Å². The number of amides is 3. The molecular formula is C28H32N6O5. The molecule has 204 valence electrons. The van der Waals surface area contributed by atoms with E-state index in [0.29, 0.717) is 25.2 Å². The Bertz CT molecular complexity index is 1370. The van der Waals surface area contributed by atoms with Gasteiger partial charge in [0.2, 0.25) is 5.91 Å². The number of cyclic esters (lactones) is 1. The topological polar surface area (TPSA) is 130 Å². The second kappa shape index (κ2) is 10.4. The molecule has 3 amide bonds. The highest BCUT2D eigenvalue weighted by Gasteiger charge is 2.47. The van der Waals surface area contributed by atoms with E-state index in [-0.39, 0.29) is 30.7 Å². The fraction of sp³-hybridized carbons (Fsp3) is 0.393. The molecule has 0 radical (unpaired) electrons. The molecule has 11 heteroatoms. The number of nitrogens with zero attached hydrogens (tertiary/aromatic N) is 4. The van der Waals surface area contributed by atoms with Crippen molar-refractivity contribution in [2.45, 2.75) is 65.0 Å². The van der Waals surface area contributed by atoms with Crippen molar-refractivity contribution in [2.75, 3.05) is 11.4 Å². The predicted octanol–water partition coefficient (Wildman–Crippen LogP) is 3.80. The van der Waals surface area contributed by atoms with Gasteiger partial charge in [-0.05, 0) is 61.6 Å². The molecule has 3 heterocycles. The summed E-state index contributed by atoms with van der Waals surface area (Å²) in [7, 11) is 0. The zero-order chi connectivity index (χ0) is 27.7. The Hall–Kier alpha value is -4.41. The molecule has 2 N–H and O–H groups in total. The van der Waals surface area contributed by atoms with Crippen LogP contribution < -0.4 is 10.2 Å². The number of aromatic nitrogens is 3. The summed E-state index contributed by atoms with van der Waals surface area (Å²) in [4.78, 5) is 40.0.